The molecule has 0 rings (SSSR count). The summed E-state index contributed by atoms with van der Waals surface area (Å²) in [7, 11) is 0. The monoisotopic (exact) mass is 199 g/mol. The zero-order valence-corrected chi connectivity index (χ0v) is 9.21. The number of ether oxygens (including phenoxy) is 1. The molecule has 0 fully saturated rings. The van der Waals surface area contributed by atoms with E-state index >= 15 is 0 Å². The molecule has 1 N–H and O–H groups in total. The maximum absolute atomic E-state index is 11.0. The molecule has 14 heavy (non-hydrogen) atoms. The fourth-order valence-corrected chi connectivity index (χ4v) is 1.21. The molecule has 1 atom stereocenters. The van der Waals surface area contributed by atoms with Crippen LogP contribution in [0.15, 0.2) is 0 Å². The van der Waals surface area contributed by atoms with E-state index in [9.17, 15) is 4.79 Å². The van der Waals surface area contributed by atoms with Crippen LogP contribution in [0.5, 0.6) is 0 Å². The average Bonchev–Trinajstić information content (AvgIpc) is 2.13. The van der Waals surface area contributed by atoms with E-state index in [-0.39, 0.29) is 5.97 Å². The second-order valence-electron chi connectivity index (χ2n) is 3.66. The maximum Gasteiger partial charge on any atom is 0.305 e. The van der Waals surface area contributed by atoms with Crippen LogP contribution in [0.3, 0.4) is 0 Å². The number of hydrogen-bond donors (Lipinski definition) is 1. The molecule has 0 aliphatic heterocycles. The molecule has 0 heterocycles. The molecule has 0 aromatic rings. The van der Waals surface area contributed by atoms with E-state index in [1.54, 1.807) is 0 Å². The smallest absolute Gasteiger partial charge is 0.305 e. The van der Waals surface area contributed by atoms with Gasteiger partial charge >= 0.3 is 5.97 Å². The highest BCUT2D eigenvalue weighted by molar-refractivity contribution is 5.69. The fraction of sp³-hybridized carbons (Fsp3) is 0.818. The summed E-state index contributed by atoms with van der Waals surface area (Å²) in [6.07, 6.45) is 5.56. The van der Waals surface area contributed by atoms with Gasteiger partial charge in [-0.05, 0) is 37.8 Å². The quantitative estimate of drug-likeness (QED) is 0.371. The second kappa shape index (κ2) is 8.73. The van der Waals surface area contributed by atoms with Crippen molar-refractivity contribution in [2.45, 2.75) is 46.0 Å². The lowest BCUT2D eigenvalue weighted by Crippen LogP contribution is -2.06. The Kier molecular flexibility index (Phi) is 8.19. The second-order valence-corrected chi connectivity index (χ2v) is 3.66. The SMILES string of the molecule is CCCC(=O)OCCC[C@H](C)CC=N. The van der Waals surface area contributed by atoms with Crippen molar-refractivity contribution in [3.63, 3.8) is 0 Å². The van der Waals surface area contributed by atoms with Crippen LogP contribution in [-0.4, -0.2) is 18.8 Å². The number of carbonyl (C=O) groups excluding carboxylic acids is 1. The van der Waals surface area contributed by atoms with Gasteiger partial charge in [-0.25, -0.2) is 0 Å². The Balaban J connectivity index is 3.28. The van der Waals surface area contributed by atoms with E-state index in [1.165, 1.54) is 6.21 Å². The van der Waals surface area contributed by atoms with Crippen LogP contribution in [0.4, 0.5) is 0 Å². The molecular formula is C11H21NO2. The lowest BCUT2D eigenvalue weighted by molar-refractivity contribution is -0.143. The van der Waals surface area contributed by atoms with Crippen LogP contribution in [0.25, 0.3) is 0 Å². The van der Waals surface area contributed by atoms with Crippen molar-refractivity contribution in [3.8, 4) is 0 Å². The molecule has 0 aromatic heterocycles. The van der Waals surface area contributed by atoms with E-state index in [4.69, 9.17) is 10.1 Å². The third kappa shape index (κ3) is 7.77. The van der Waals surface area contributed by atoms with Crippen molar-refractivity contribution >= 4 is 12.2 Å². The molecular weight excluding hydrogens is 178 g/mol. The molecule has 82 valence electrons. The molecule has 0 aliphatic rings. The fourth-order valence-electron chi connectivity index (χ4n) is 1.21. The first-order chi connectivity index (χ1) is 6.70. The van der Waals surface area contributed by atoms with E-state index in [0.717, 1.165) is 25.7 Å². The Morgan fingerprint density at radius 3 is 2.86 bits per heavy atom. The number of hydrogen-bond acceptors (Lipinski definition) is 3. The number of esters is 1. The van der Waals surface area contributed by atoms with Gasteiger partial charge in [0, 0.05) is 6.42 Å². The summed E-state index contributed by atoms with van der Waals surface area (Å²) in [5.74, 6) is 0.435. The standard InChI is InChI=1S/C11H21NO2/c1-3-5-11(13)14-9-4-6-10(2)7-8-12/h8,10,12H,3-7,9H2,1-2H3/t10-/m0/s1. The third-order valence-electron chi connectivity index (χ3n) is 2.08. The van der Waals surface area contributed by atoms with Crippen LogP contribution >= 0.6 is 0 Å². The van der Waals surface area contributed by atoms with Gasteiger partial charge in [0.05, 0.1) is 6.61 Å². The zero-order valence-electron chi connectivity index (χ0n) is 9.21. The van der Waals surface area contributed by atoms with Gasteiger partial charge in [-0.1, -0.05) is 13.8 Å². The molecule has 0 spiro atoms. The van der Waals surface area contributed by atoms with Crippen LogP contribution in [0.1, 0.15) is 46.0 Å². The van der Waals surface area contributed by atoms with Crippen molar-refractivity contribution in [1.29, 1.82) is 5.41 Å². The summed E-state index contributed by atoms with van der Waals surface area (Å²) < 4.78 is 5.01. The topological polar surface area (TPSA) is 50.2 Å². The van der Waals surface area contributed by atoms with E-state index in [2.05, 4.69) is 6.92 Å². The summed E-state index contributed by atoms with van der Waals surface area (Å²) >= 11 is 0. The number of nitrogens with one attached hydrogen (secondary N) is 1. The normalized spacial score (nSPS) is 12.1. The van der Waals surface area contributed by atoms with Crippen molar-refractivity contribution in [2.24, 2.45) is 5.92 Å². The molecule has 0 unspecified atom stereocenters. The predicted molar refractivity (Wildman–Crippen MR) is 57.7 cm³/mol. The van der Waals surface area contributed by atoms with Crippen LogP contribution in [0, 0.1) is 11.3 Å². The lowest BCUT2D eigenvalue weighted by Gasteiger charge is -2.08. The summed E-state index contributed by atoms with van der Waals surface area (Å²) in [6, 6.07) is 0. The van der Waals surface area contributed by atoms with Gasteiger partial charge in [0.25, 0.3) is 0 Å². The Morgan fingerprint density at radius 1 is 1.57 bits per heavy atom. The largest absolute Gasteiger partial charge is 0.466 e. The number of rotatable bonds is 8. The van der Waals surface area contributed by atoms with Crippen molar-refractivity contribution < 1.29 is 9.53 Å². The average molecular weight is 199 g/mol. The Morgan fingerprint density at radius 2 is 2.29 bits per heavy atom. The zero-order chi connectivity index (χ0) is 10.8. The van der Waals surface area contributed by atoms with Gasteiger partial charge in [0.2, 0.25) is 0 Å². The first kappa shape index (κ1) is 13.1. The molecule has 0 bridgehead atoms. The highest BCUT2D eigenvalue weighted by Crippen LogP contribution is 2.08. The minimum absolute atomic E-state index is 0.0905. The van der Waals surface area contributed by atoms with Crippen LogP contribution < -0.4 is 0 Å². The molecule has 0 radical (unpaired) electrons. The molecule has 0 saturated heterocycles. The summed E-state index contributed by atoms with van der Waals surface area (Å²) in [6.45, 7) is 4.60. The van der Waals surface area contributed by atoms with Gasteiger partial charge in [-0.3, -0.25) is 4.79 Å². The molecule has 0 amide bonds. The van der Waals surface area contributed by atoms with E-state index in [0.29, 0.717) is 18.9 Å². The third-order valence-corrected chi connectivity index (χ3v) is 2.08. The highest BCUT2D eigenvalue weighted by atomic mass is 16.5. The Labute approximate surface area is 86.3 Å². The molecule has 0 aliphatic carbocycles. The summed E-state index contributed by atoms with van der Waals surface area (Å²) in [4.78, 5) is 11.0. The first-order valence-electron chi connectivity index (χ1n) is 5.35. The van der Waals surface area contributed by atoms with Gasteiger partial charge in [0.15, 0.2) is 0 Å². The predicted octanol–water partition coefficient (Wildman–Crippen LogP) is 2.79. The van der Waals surface area contributed by atoms with Gasteiger partial charge in [0.1, 0.15) is 0 Å². The van der Waals surface area contributed by atoms with Crippen LogP contribution in [-0.2, 0) is 9.53 Å². The van der Waals surface area contributed by atoms with E-state index < -0.39 is 0 Å². The highest BCUT2D eigenvalue weighted by Gasteiger charge is 2.02. The van der Waals surface area contributed by atoms with Crippen molar-refractivity contribution in [1.82, 2.24) is 0 Å². The molecule has 0 saturated carbocycles. The van der Waals surface area contributed by atoms with Gasteiger partial charge in [-0.2, -0.15) is 0 Å². The number of carbonyl (C=O) groups is 1. The molecule has 3 nitrogen and oxygen atoms in total. The minimum Gasteiger partial charge on any atom is -0.466 e. The summed E-state index contributed by atoms with van der Waals surface area (Å²) in [5.41, 5.74) is 0. The Bertz CT molecular complexity index is 169. The first-order valence-corrected chi connectivity index (χ1v) is 5.35. The summed E-state index contributed by atoms with van der Waals surface area (Å²) in [5, 5.41) is 6.93. The maximum atomic E-state index is 11.0. The van der Waals surface area contributed by atoms with E-state index in [1.807, 2.05) is 6.92 Å². The molecule has 0 aromatic carbocycles. The van der Waals surface area contributed by atoms with Gasteiger partial charge < -0.3 is 10.1 Å². The van der Waals surface area contributed by atoms with Gasteiger partial charge in [-0.15, -0.1) is 0 Å². The van der Waals surface area contributed by atoms with Crippen molar-refractivity contribution in [3.05, 3.63) is 0 Å². The molecule has 3 heteroatoms. The van der Waals surface area contributed by atoms with Crippen LogP contribution in [0.2, 0.25) is 0 Å². The van der Waals surface area contributed by atoms with Crippen molar-refractivity contribution in [2.75, 3.05) is 6.61 Å². The lowest BCUT2D eigenvalue weighted by atomic mass is 10.0. The minimum atomic E-state index is -0.0905. The Hall–Kier alpha value is -0.860.